The Balaban J connectivity index is 2.18. The molecule has 0 radical (unpaired) electrons. The summed E-state index contributed by atoms with van der Waals surface area (Å²) in [6.07, 6.45) is -34.5. The third kappa shape index (κ3) is 9.75. The zero-order chi connectivity index (χ0) is 59.3. The summed E-state index contributed by atoms with van der Waals surface area (Å²) in [5.41, 5.74) is -2.97. The van der Waals surface area contributed by atoms with Crippen LogP contribution in [-0.4, -0.2) is 121 Å². The van der Waals surface area contributed by atoms with E-state index in [0.717, 1.165) is 12.1 Å². The zero-order valence-corrected chi connectivity index (χ0v) is 35.9. The van der Waals surface area contributed by atoms with Crippen molar-refractivity contribution < 1.29 is 163 Å². The van der Waals surface area contributed by atoms with Crippen LogP contribution in [0.5, 0.6) is 0 Å². The molecule has 1 aliphatic rings. The minimum Gasteiger partial charge on any atom is -0.375 e. The molecule has 1 heterocycles. The Morgan fingerprint density at radius 1 is 0.373 bits per heavy atom. The fraction of sp³-hybridized carbons (Fsp3) is 0.684. The van der Waals surface area contributed by atoms with Crippen LogP contribution in [0.15, 0.2) is 48.5 Å². The maximum atomic E-state index is 15.2. The SMILES string of the molecule is COC(CCC(F)(F)C(F)(F)C(F)(F)C(F)(F)C(F)(F)C(F)(F)C(F)(F)C(F)(F)F)(CCC(F)(F)C(F)(F)C(F)(F)C(F)(F)C(F)(F)C(F)(F)C(F)(F)C(F)(F)F)C1COC(c2ccc(-c3ccc(C)cc3)cc2)O1. The van der Waals surface area contributed by atoms with Gasteiger partial charge in [0.05, 0.1) is 12.2 Å². The summed E-state index contributed by atoms with van der Waals surface area (Å²) in [6, 6.07) is 10.5. The van der Waals surface area contributed by atoms with E-state index in [0.29, 0.717) is 16.7 Å². The third-order valence-electron chi connectivity index (χ3n) is 11.5. The van der Waals surface area contributed by atoms with Gasteiger partial charge in [-0.1, -0.05) is 54.1 Å². The van der Waals surface area contributed by atoms with Crippen molar-refractivity contribution in [1.82, 2.24) is 0 Å². The van der Waals surface area contributed by atoms with E-state index < -0.39 is 146 Å². The predicted octanol–water partition coefficient (Wildman–Crippen LogP) is 16.0. The second-order valence-electron chi connectivity index (χ2n) is 16.3. The monoisotopic (exact) mass is 1180 g/mol. The molecule has 37 heteroatoms. The molecule has 0 saturated carbocycles. The van der Waals surface area contributed by atoms with Crippen LogP contribution in [0.25, 0.3) is 11.1 Å². The Kier molecular flexibility index (Phi) is 16.6. The number of alkyl halides is 34. The van der Waals surface area contributed by atoms with Crippen LogP contribution in [0.1, 0.15) is 43.1 Å². The van der Waals surface area contributed by atoms with Crippen molar-refractivity contribution >= 4 is 0 Å². The number of hydrogen-bond donors (Lipinski definition) is 0. The molecular formula is C38H26F34O3. The van der Waals surface area contributed by atoms with Gasteiger partial charge in [-0.2, -0.15) is 149 Å². The van der Waals surface area contributed by atoms with Gasteiger partial charge >= 0.3 is 95.3 Å². The first kappa shape index (κ1) is 65.2. The van der Waals surface area contributed by atoms with E-state index in [1.807, 2.05) is 0 Å². The Labute approximate surface area is 394 Å². The topological polar surface area (TPSA) is 27.7 Å². The molecule has 3 rings (SSSR count). The summed E-state index contributed by atoms with van der Waals surface area (Å²) in [5.74, 6) is -122. The van der Waals surface area contributed by atoms with E-state index in [-0.39, 0.29) is 12.7 Å². The molecule has 434 valence electrons. The van der Waals surface area contributed by atoms with Crippen LogP contribution in [0, 0.1) is 6.92 Å². The number of ether oxygens (including phenoxy) is 3. The molecule has 1 saturated heterocycles. The van der Waals surface area contributed by atoms with Crippen LogP contribution >= 0.6 is 0 Å². The van der Waals surface area contributed by atoms with Crippen molar-refractivity contribution in [2.24, 2.45) is 0 Å². The zero-order valence-electron chi connectivity index (χ0n) is 35.9. The molecule has 2 aromatic carbocycles. The fourth-order valence-corrected chi connectivity index (χ4v) is 6.66. The number of hydrogen-bond acceptors (Lipinski definition) is 3. The van der Waals surface area contributed by atoms with E-state index in [4.69, 9.17) is 9.47 Å². The van der Waals surface area contributed by atoms with Crippen molar-refractivity contribution in [2.45, 2.75) is 146 Å². The third-order valence-corrected chi connectivity index (χ3v) is 11.5. The van der Waals surface area contributed by atoms with E-state index in [2.05, 4.69) is 4.74 Å². The average Bonchev–Trinajstić information content (AvgIpc) is 3.76. The molecule has 2 aromatic rings. The van der Waals surface area contributed by atoms with E-state index in [1.54, 1.807) is 19.1 Å². The Morgan fingerprint density at radius 2 is 0.640 bits per heavy atom. The molecule has 0 amide bonds. The molecule has 0 N–H and O–H groups in total. The largest absolute Gasteiger partial charge is 0.460 e. The first-order chi connectivity index (χ1) is 32.9. The van der Waals surface area contributed by atoms with Gasteiger partial charge in [-0.25, -0.2) is 0 Å². The Bertz CT molecular complexity index is 2180. The highest BCUT2D eigenvalue weighted by Crippen LogP contribution is 2.67. The number of benzene rings is 2. The van der Waals surface area contributed by atoms with Crippen LogP contribution < -0.4 is 0 Å². The lowest BCUT2D eigenvalue weighted by molar-refractivity contribution is -0.462. The highest BCUT2D eigenvalue weighted by Gasteiger charge is 2.97. The number of rotatable bonds is 22. The van der Waals surface area contributed by atoms with Crippen LogP contribution in [-0.2, 0) is 14.2 Å². The predicted molar refractivity (Wildman–Crippen MR) is 180 cm³/mol. The maximum Gasteiger partial charge on any atom is 0.460 e. The van der Waals surface area contributed by atoms with Crippen molar-refractivity contribution in [3.8, 4) is 11.1 Å². The Morgan fingerprint density at radius 3 is 0.920 bits per heavy atom. The second kappa shape index (κ2) is 19.1. The van der Waals surface area contributed by atoms with Gasteiger partial charge in [-0.05, 0) is 30.9 Å². The minimum atomic E-state index is -9.20. The summed E-state index contributed by atoms with van der Waals surface area (Å²) in [5, 5.41) is 0. The standard InChI is InChI=1S/C38H26F34O3/c1-16-3-5-17(6-4-16)18-7-9-19(10-8-18)21-74-15-20(75-21)22(73-2,11-13-23(39,40)25(43,44)27(47,48)29(51,52)31(55,56)33(59,60)35(63,64)37(67,68)69)12-14-24(41,42)26(45,46)28(49,50)30(53,54)32(57,58)34(61,62)36(65,66)38(70,71)72/h3-10,20-21H,11-15H2,1-2H3. The molecule has 0 bridgehead atoms. The normalized spacial score (nSPS) is 18.8. The first-order valence-corrected chi connectivity index (χ1v) is 19.3. The van der Waals surface area contributed by atoms with Gasteiger partial charge in [0.2, 0.25) is 0 Å². The summed E-state index contributed by atoms with van der Waals surface area (Å²) in [6.45, 7) is 0.0407. The van der Waals surface area contributed by atoms with Gasteiger partial charge in [-0.15, -0.1) is 0 Å². The smallest absolute Gasteiger partial charge is 0.375 e. The van der Waals surface area contributed by atoms with Gasteiger partial charge in [0.25, 0.3) is 0 Å². The highest BCUT2D eigenvalue weighted by molar-refractivity contribution is 5.64. The van der Waals surface area contributed by atoms with E-state index in [1.165, 1.54) is 24.3 Å². The van der Waals surface area contributed by atoms with Crippen LogP contribution in [0.2, 0.25) is 0 Å². The average molecular weight is 1180 g/mol. The lowest BCUT2D eigenvalue weighted by Crippen LogP contribution is -2.74. The molecule has 2 unspecified atom stereocenters. The molecule has 0 aliphatic carbocycles. The van der Waals surface area contributed by atoms with Crippen molar-refractivity contribution in [3.05, 3.63) is 59.7 Å². The van der Waals surface area contributed by atoms with E-state index >= 15 is 17.6 Å². The number of aryl methyl sites for hydroxylation is 1. The molecule has 0 aromatic heterocycles. The molecule has 1 aliphatic heterocycles. The summed E-state index contributed by atoms with van der Waals surface area (Å²) >= 11 is 0. The van der Waals surface area contributed by atoms with Gasteiger partial charge < -0.3 is 14.2 Å². The summed E-state index contributed by atoms with van der Waals surface area (Å²) in [7, 11) is -0.127. The fourth-order valence-electron chi connectivity index (χ4n) is 6.66. The Hall–Kier alpha value is -4.06. The van der Waals surface area contributed by atoms with Gasteiger partial charge in [0.1, 0.15) is 6.10 Å². The second-order valence-corrected chi connectivity index (χ2v) is 16.3. The number of methoxy groups -OCH3 is 1. The van der Waals surface area contributed by atoms with Crippen molar-refractivity contribution in [3.63, 3.8) is 0 Å². The van der Waals surface area contributed by atoms with Crippen molar-refractivity contribution in [1.29, 1.82) is 0 Å². The van der Waals surface area contributed by atoms with Gasteiger partial charge in [-0.3, -0.25) is 0 Å². The molecule has 1 fully saturated rings. The maximum absolute atomic E-state index is 15.2. The van der Waals surface area contributed by atoms with E-state index in [9.17, 15) is 132 Å². The molecule has 0 spiro atoms. The van der Waals surface area contributed by atoms with Crippen LogP contribution in [0.4, 0.5) is 149 Å². The lowest BCUT2D eigenvalue weighted by atomic mass is 9.80. The van der Waals surface area contributed by atoms with Gasteiger partial charge in [0.15, 0.2) is 6.29 Å². The van der Waals surface area contributed by atoms with Crippen molar-refractivity contribution in [2.75, 3.05) is 13.7 Å². The molecule has 3 nitrogen and oxygen atoms in total. The minimum absolute atomic E-state index is 0.127. The lowest BCUT2D eigenvalue weighted by Gasteiger charge is -2.44. The molecule has 75 heavy (non-hydrogen) atoms. The molecule has 2 atom stereocenters. The summed E-state index contributed by atoms with van der Waals surface area (Å²) < 4.78 is 490. The molecular weight excluding hydrogens is 1150 g/mol. The number of halogens is 34. The quantitative estimate of drug-likeness (QED) is 0.110. The highest BCUT2D eigenvalue weighted by atomic mass is 19.4. The van der Waals surface area contributed by atoms with Crippen LogP contribution in [0.3, 0.4) is 0 Å². The van der Waals surface area contributed by atoms with Gasteiger partial charge in [0, 0.05) is 25.5 Å². The first-order valence-electron chi connectivity index (χ1n) is 19.3. The summed E-state index contributed by atoms with van der Waals surface area (Å²) in [4.78, 5) is 0.